The third-order valence-corrected chi connectivity index (χ3v) is 5.30. The first-order valence-corrected chi connectivity index (χ1v) is 9.84. The second-order valence-electron chi connectivity index (χ2n) is 7.40. The van der Waals surface area contributed by atoms with Gasteiger partial charge in [0.25, 0.3) is 0 Å². The van der Waals surface area contributed by atoms with E-state index >= 15 is 0 Å². The van der Waals surface area contributed by atoms with Crippen LogP contribution in [0.2, 0.25) is 0 Å². The van der Waals surface area contributed by atoms with E-state index in [9.17, 15) is 5.11 Å². The van der Waals surface area contributed by atoms with Crippen molar-refractivity contribution >= 4 is 29.2 Å². The largest absolute Gasteiger partial charge is 0.504 e. The molecule has 4 aromatic rings. The number of aromatic hydroxyl groups is 1. The number of rotatable bonds is 6. The second-order valence-corrected chi connectivity index (χ2v) is 7.40. The van der Waals surface area contributed by atoms with E-state index in [1.54, 1.807) is 42.2 Å². The fourth-order valence-corrected chi connectivity index (χ4v) is 3.73. The van der Waals surface area contributed by atoms with Crippen molar-refractivity contribution in [2.24, 2.45) is 17.8 Å². The van der Waals surface area contributed by atoms with Crippen LogP contribution in [0.25, 0.3) is 39.4 Å². The zero-order chi connectivity index (χ0) is 23.0. The molecule has 0 fully saturated rings. The molecule has 0 saturated carbocycles. The van der Waals surface area contributed by atoms with Gasteiger partial charge in [-0.05, 0) is 54.6 Å². The molecule has 0 aliphatic carbocycles. The minimum absolute atomic E-state index is 0.0224. The summed E-state index contributed by atoms with van der Waals surface area (Å²) in [6, 6.07) is 11.1. The molecule has 0 unspecified atom stereocenters. The van der Waals surface area contributed by atoms with Gasteiger partial charge in [0.15, 0.2) is 11.6 Å². The van der Waals surface area contributed by atoms with Crippen LogP contribution >= 0.6 is 0 Å². The first-order chi connectivity index (χ1) is 15.3. The van der Waals surface area contributed by atoms with Gasteiger partial charge in [0, 0.05) is 24.4 Å². The number of nitrogens with zero attached hydrogens (tertiary/aromatic N) is 4. The van der Waals surface area contributed by atoms with Crippen molar-refractivity contribution in [1.82, 2.24) is 19.7 Å². The van der Waals surface area contributed by atoms with Gasteiger partial charge in [-0.2, -0.15) is 5.10 Å². The Balaban J connectivity index is 1.79. The highest BCUT2D eigenvalue weighted by Crippen LogP contribution is 2.38. The number of aromatic amines is 1. The van der Waals surface area contributed by atoms with Crippen molar-refractivity contribution in [1.29, 1.82) is 5.41 Å². The maximum Gasteiger partial charge on any atom is 0.173 e. The van der Waals surface area contributed by atoms with E-state index in [1.807, 2.05) is 25.1 Å². The minimum atomic E-state index is -0.0224. The molecule has 8 nitrogen and oxygen atoms in total. The van der Waals surface area contributed by atoms with Gasteiger partial charge in [0.1, 0.15) is 17.2 Å². The topological polar surface area (TPSA) is 129 Å². The molecule has 160 valence electrons. The van der Waals surface area contributed by atoms with Gasteiger partial charge in [-0.1, -0.05) is 24.8 Å². The van der Waals surface area contributed by atoms with Crippen LogP contribution in [0.4, 0.5) is 0 Å². The van der Waals surface area contributed by atoms with Gasteiger partial charge < -0.3 is 15.8 Å². The number of H-pyrrole nitrogens is 1. The lowest BCUT2D eigenvalue weighted by molar-refractivity contribution is 0.478. The lowest BCUT2D eigenvalue weighted by Crippen LogP contribution is -2.10. The first-order valence-electron chi connectivity index (χ1n) is 9.84. The molecule has 0 aliphatic heterocycles. The number of aliphatic imine (C=N–C) groups is 1. The van der Waals surface area contributed by atoms with Gasteiger partial charge >= 0.3 is 0 Å². The van der Waals surface area contributed by atoms with E-state index in [2.05, 4.69) is 33.4 Å². The normalized spacial score (nSPS) is 11.6. The highest BCUT2D eigenvalue weighted by molar-refractivity contribution is 5.98. The Hall–Kier alpha value is -4.46. The standard InChI is InChI=1S/C24H23N7O/c1-5-14(12-27-3)17-8-6-15(10-13(17)2)20-22(32)21(31(4)30-20)24-28-18-9-7-16(23(25)26)11-19(18)29-24/h5-12,32H,1,3H2,2,4H3,(H3,25,26)(H,28,29)/b14-12+. The molecule has 32 heavy (non-hydrogen) atoms. The third kappa shape index (κ3) is 3.47. The van der Waals surface area contributed by atoms with Crippen LogP contribution in [0.15, 0.2) is 60.2 Å². The number of hydrogen-bond donors (Lipinski definition) is 4. The van der Waals surface area contributed by atoms with Crippen molar-refractivity contribution in [3.05, 3.63) is 71.9 Å². The van der Waals surface area contributed by atoms with Gasteiger partial charge in [0.05, 0.1) is 11.0 Å². The third-order valence-electron chi connectivity index (χ3n) is 5.30. The Morgan fingerprint density at radius 3 is 2.72 bits per heavy atom. The quantitative estimate of drug-likeness (QED) is 0.210. The number of amidine groups is 1. The molecule has 2 aromatic carbocycles. The van der Waals surface area contributed by atoms with Gasteiger partial charge in [-0.3, -0.25) is 15.1 Å². The first kappa shape index (κ1) is 20.8. The van der Waals surface area contributed by atoms with E-state index in [0.29, 0.717) is 28.3 Å². The summed E-state index contributed by atoms with van der Waals surface area (Å²) >= 11 is 0. The molecule has 0 radical (unpaired) electrons. The molecule has 5 N–H and O–H groups in total. The number of allylic oxidation sites excluding steroid dienone is 2. The van der Waals surface area contributed by atoms with Crippen LogP contribution in [0.3, 0.4) is 0 Å². The monoisotopic (exact) mass is 425 g/mol. The zero-order valence-electron chi connectivity index (χ0n) is 17.8. The molecule has 4 rings (SSSR count). The maximum absolute atomic E-state index is 11.0. The fraction of sp³-hybridized carbons (Fsp3) is 0.0833. The lowest BCUT2D eigenvalue weighted by Gasteiger charge is -2.08. The predicted octanol–water partition coefficient (Wildman–Crippen LogP) is 4.16. The molecule has 0 saturated heterocycles. The summed E-state index contributed by atoms with van der Waals surface area (Å²) in [5.41, 5.74) is 12.1. The molecular weight excluding hydrogens is 402 g/mol. The van der Waals surface area contributed by atoms with E-state index in [1.165, 1.54) is 0 Å². The van der Waals surface area contributed by atoms with Crippen molar-refractivity contribution in [2.75, 3.05) is 0 Å². The number of aryl methyl sites for hydroxylation is 2. The number of hydrogen-bond acceptors (Lipinski definition) is 5. The molecular formula is C24H23N7O. The number of nitrogen functional groups attached to an aromatic ring is 1. The number of fused-ring (bicyclic) bond motifs is 1. The Kier molecular flexibility index (Phi) is 5.19. The fourth-order valence-electron chi connectivity index (χ4n) is 3.73. The zero-order valence-corrected chi connectivity index (χ0v) is 17.8. The van der Waals surface area contributed by atoms with E-state index < -0.39 is 0 Å². The maximum atomic E-state index is 11.0. The molecule has 0 amide bonds. The highest BCUT2D eigenvalue weighted by atomic mass is 16.3. The molecule has 2 heterocycles. The predicted molar refractivity (Wildman–Crippen MR) is 129 cm³/mol. The average molecular weight is 425 g/mol. The molecule has 0 atom stereocenters. The van der Waals surface area contributed by atoms with Crippen LogP contribution < -0.4 is 5.73 Å². The Morgan fingerprint density at radius 2 is 2.06 bits per heavy atom. The number of nitrogens with one attached hydrogen (secondary N) is 2. The summed E-state index contributed by atoms with van der Waals surface area (Å²) in [6.45, 7) is 9.32. The van der Waals surface area contributed by atoms with Crippen LogP contribution in [0.5, 0.6) is 5.75 Å². The Bertz CT molecular complexity index is 1420. The number of aromatic nitrogens is 4. The van der Waals surface area contributed by atoms with Gasteiger partial charge in [-0.15, -0.1) is 0 Å². The van der Waals surface area contributed by atoms with Crippen molar-refractivity contribution in [2.45, 2.75) is 6.92 Å². The lowest BCUT2D eigenvalue weighted by atomic mass is 9.97. The summed E-state index contributed by atoms with van der Waals surface area (Å²) in [7, 11) is 1.75. The highest BCUT2D eigenvalue weighted by Gasteiger charge is 2.21. The molecule has 0 spiro atoms. The number of imidazole rings is 1. The summed E-state index contributed by atoms with van der Waals surface area (Å²) in [5, 5.41) is 23.2. The second kappa shape index (κ2) is 7.99. The van der Waals surface area contributed by atoms with E-state index in [-0.39, 0.29) is 11.6 Å². The van der Waals surface area contributed by atoms with Gasteiger partial charge in [-0.25, -0.2) is 4.98 Å². The van der Waals surface area contributed by atoms with Crippen molar-refractivity contribution < 1.29 is 5.11 Å². The Labute approximate surface area is 185 Å². The van der Waals surface area contributed by atoms with Crippen molar-refractivity contribution in [3.8, 4) is 28.5 Å². The molecule has 0 bridgehead atoms. The minimum Gasteiger partial charge on any atom is -0.504 e. The summed E-state index contributed by atoms with van der Waals surface area (Å²) in [4.78, 5) is 11.6. The summed E-state index contributed by atoms with van der Waals surface area (Å²) in [6.07, 6.45) is 3.39. The number of nitrogens with two attached hydrogens (primary N) is 1. The number of benzene rings is 2. The smallest absolute Gasteiger partial charge is 0.173 e. The summed E-state index contributed by atoms with van der Waals surface area (Å²) < 4.78 is 1.59. The molecule has 8 heteroatoms. The van der Waals surface area contributed by atoms with E-state index in [4.69, 9.17) is 11.1 Å². The Morgan fingerprint density at radius 1 is 1.28 bits per heavy atom. The van der Waals surface area contributed by atoms with Crippen molar-refractivity contribution in [3.63, 3.8) is 0 Å². The SMILES string of the molecule is C=C/C(=C\N=C)c1ccc(-c2nn(C)c(-c3nc4ccc(C(=N)N)cc4[nH]3)c2O)cc1C. The van der Waals surface area contributed by atoms with Gasteiger partial charge in [0.2, 0.25) is 0 Å². The molecule has 0 aliphatic rings. The van der Waals surface area contributed by atoms with Crippen LogP contribution in [0, 0.1) is 12.3 Å². The molecule has 2 aromatic heterocycles. The van der Waals surface area contributed by atoms with Crippen LogP contribution in [0.1, 0.15) is 16.7 Å². The summed E-state index contributed by atoms with van der Waals surface area (Å²) in [5.74, 6) is 0.477. The van der Waals surface area contributed by atoms with E-state index in [0.717, 1.165) is 27.8 Å². The average Bonchev–Trinajstić information content (AvgIpc) is 3.31. The van der Waals surface area contributed by atoms with Crippen LogP contribution in [-0.2, 0) is 7.05 Å². The van der Waals surface area contributed by atoms with Crippen LogP contribution in [-0.4, -0.2) is 37.4 Å².